The third-order valence-electron chi connectivity index (χ3n) is 4.17. The molecule has 0 saturated carbocycles. The Hall–Kier alpha value is -1.97. The molecule has 0 aliphatic heterocycles. The van der Waals surface area contributed by atoms with E-state index in [0.29, 0.717) is 21.3 Å². The summed E-state index contributed by atoms with van der Waals surface area (Å²) in [6.07, 6.45) is 0. The van der Waals surface area contributed by atoms with Crippen molar-refractivity contribution in [1.82, 2.24) is 0 Å². The predicted octanol–water partition coefficient (Wildman–Crippen LogP) is 6.46. The number of carbonyl (C=O) groups is 1. The predicted molar refractivity (Wildman–Crippen MR) is 130 cm³/mol. The Morgan fingerprint density at radius 1 is 0.969 bits per heavy atom. The van der Waals surface area contributed by atoms with Crippen LogP contribution in [0, 0.1) is 5.82 Å². The van der Waals surface area contributed by atoms with Gasteiger partial charge in [0.05, 0.1) is 21.4 Å². The molecule has 0 saturated heterocycles. The molecular weight excluding hydrogens is 518 g/mol. The molecule has 0 aromatic heterocycles. The molecule has 0 unspecified atom stereocenters. The Morgan fingerprint density at radius 2 is 1.69 bits per heavy atom. The number of halogens is 4. The van der Waals surface area contributed by atoms with E-state index in [2.05, 4.69) is 10.0 Å². The van der Waals surface area contributed by atoms with Gasteiger partial charge in [-0.15, -0.1) is 11.8 Å². The van der Waals surface area contributed by atoms with E-state index in [1.807, 2.05) is 0 Å². The minimum Gasteiger partial charge on any atom is -0.325 e. The van der Waals surface area contributed by atoms with E-state index in [1.54, 1.807) is 6.07 Å². The largest absolute Gasteiger partial charge is 0.325 e. The zero-order chi connectivity index (χ0) is 23.3. The molecule has 168 valence electrons. The van der Waals surface area contributed by atoms with Gasteiger partial charge in [-0.3, -0.25) is 9.52 Å². The van der Waals surface area contributed by atoms with Gasteiger partial charge >= 0.3 is 0 Å². The fourth-order valence-corrected chi connectivity index (χ4v) is 5.36. The van der Waals surface area contributed by atoms with Crippen molar-refractivity contribution >= 4 is 73.9 Å². The highest BCUT2D eigenvalue weighted by Gasteiger charge is 2.16. The lowest BCUT2D eigenvalue weighted by atomic mass is 10.2. The summed E-state index contributed by atoms with van der Waals surface area (Å²) in [7, 11) is -3.89. The topological polar surface area (TPSA) is 75.3 Å². The van der Waals surface area contributed by atoms with Crippen LogP contribution in [0.5, 0.6) is 0 Å². The molecule has 2 N–H and O–H groups in total. The zero-order valence-corrected chi connectivity index (χ0v) is 20.1. The molecule has 3 aromatic carbocycles. The number of thioether (sulfide) groups is 1. The molecule has 3 aromatic rings. The molecular formula is C21H16Cl3FN2O3S2. The molecule has 3 rings (SSSR count). The summed E-state index contributed by atoms with van der Waals surface area (Å²) in [5.74, 6) is -0.420. The van der Waals surface area contributed by atoms with E-state index in [-0.39, 0.29) is 33.0 Å². The van der Waals surface area contributed by atoms with Crippen LogP contribution in [0.25, 0.3) is 0 Å². The van der Waals surface area contributed by atoms with Gasteiger partial charge in [0.1, 0.15) is 5.82 Å². The normalized spacial score (nSPS) is 11.2. The summed E-state index contributed by atoms with van der Waals surface area (Å²) in [6, 6.07) is 14.5. The summed E-state index contributed by atoms with van der Waals surface area (Å²) < 4.78 is 41.3. The number of sulfonamides is 1. The first-order valence-electron chi connectivity index (χ1n) is 9.04. The highest BCUT2D eigenvalue weighted by Crippen LogP contribution is 2.28. The first-order chi connectivity index (χ1) is 15.2. The van der Waals surface area contributed by atoms with Gasteiger partial charge in [-0.25, -0.2) is 12.8 Å². The number of benzene rings is 3. The molecule has 0 heterocycles. The minimum absolute atomic E-state index is 0.00918. The molecule has 0 atom stereocenters. The summed E-state index contributed by atoms with van der Waals surface area (Å²) in [4.78, 5) is 12.1. The molecule has 1 amide bonds. The molecule has 0 bridgehead atoms. The summed E-state index contributed by atoms with van der Waals surface area (Å²) >= 11 is 19.0. The van der Waals surface area contributed by atoms with E-state index < -0.39 is 15.8 Å². The van der Waals surface area contributed by atoms with Crippen LogP contribution in [0.15, 0.2) is 65.6 Å². The Labute approximate surface area is 204 Å². The Morgan fingerprint density at radius 3 is 2.34 bits per heavy atom. The van der Waals surface area contributed by atoms with Gasteiger partial charge < -0.3 is 5.32 Å². The molecule has 0 radical (unpaired) electrons. The second kappa shape index (κ2) is 10.8. The van der Waals surface area contributed by atoms with Crippen molar-refractivity contribution in [3.63, 3.8) is 0 Å². The number of rotatable bonds is 8. The van der Waals surface area contributed by atoms with Gasteiger partial charge in [-0.2, -0.15) is 0 Å². The first kappa shape index (κ1) is 24.7. The SMILES string of the molecule is O=C(CSCc1c(F)cccc1Cl)Nc1ccc(S(=O)(=O)Nc2ccc(Cl)cc2Cl)cc1. The molecule has 0 aliphatic carbocycles. The van der Waals surface area contributed by atoms with Gasteiger partial charge in [-0.05, 0) is 54.6 Å². The molecule has 0 aliphatic rings. The standard InChI is InChI=1S/C21H16Cl3FN2O3S2/c22-13-4-9-20(18(24)10-13)27-32(29,30)15-7-5-14(6-8-15)26-21(28)12-31-11-16-17(23)2-1-3-19(16)25/h1-10,27H,11-12H2,(H,26,28). The van der Waals surface area contributed by atoms with Crippen LogP contribution in [0.3, 0.4) is 0 Å². The fourth-order valence-electron chi connectivity index (χ4n) is 2.61. The van der Waals surface area contributed by atoms with Crippen molar-refractivity contribution in [2.45, 2.75) is 10.6 Å². The average Bonchev–Trinajstić information content (AvgIpc) is 2.73. The smallest absolute Gasteiger partial charge is 0.261 e. The molecule has 5 nitrogen and oxygen atoms in total. The number of hydrogen-bond acceptors (Lipinski definition) is 4. The van der Waals surface area contributed by atoms with Crippen LogP contribution in [0.1, 0.15) is 5.56 Å². The van der Waals surface area contributed by atoms with E-state index >= 15 is 0 Å². The quantitative estimate of drug-likeness (QED) is 0.348. The Bertz CT molecular complexity index is 1220. The van der Waals surface area contributed by atoms with Gasteiger partial charge in [-0.1, -0.05) is 40.9 Å². The number of hydrogen-bond donors (Lipinski definition) is 2. The minimum atomic E-state index is -3.89. The Kier molecular flexibility index (Phi) is 8.30. The monoisotopic (exact) mass is 532 g/mol. The molecule has 0 spiro atoms. The van der Waals surface area contributed by atoms with Crippen LogP contribution in [-0.2, 0) is 20.6 Å². The van der Waals surface area contributed by atoms with Crippen molar-refractivity contribution in [2.24, 2.45) is 0 Å². The molecule has 11 heteroatoms. The highest BCUT2D eigenvalue weighted by molar-refractivity contribution is 7.99. The van der Waals surface area contributed by atoms with Crippen molar-refractivity contribution < 1.29 is 17.6 Å². The van der Waals surface area contributed by atoms with Crippen molar-refractivity contribution in [2.75, 3.05) is 15.8 Å². The molecule has 0 fully saturated rings. The van der Waals surface area contributed by atoms with Crippen molar-refractivity contribution in [3.05, 3.63) is 87.1 Å². The fraction of sp³-hybridized carbons (Fsp3) is 0.0952. The second-order valence-corrected chi connectivity index (χ2v) is 10.4. The van der Waals surface area contributed by atoms with Gasteiger partial charge in [0, 0.05) is 27.0 Å². The number of amides is 1. The maximum atomic E-state index is 13.8. The van der Waals surface area contributed by atoms with E-state index in [0.717, 1.165) is 0 Å². The van der Waals surface area contributed by atoms with Crippen LogP contribution < -0.4 is 10.0 Å². The van der Waals surface area contributed by atoms with Crippen LogP contribution >= 0.6 is 46.6 Å². The number of anilines is 2. The summed E-state index contributed by atoms with van der Waals surface area (Å²) in [5.41, 5.74) is 0.957. The maximum Gasteiger partial charge on any atom is 0.261 e. The zero-order valence-electron chi connectivity index (χ0n) is 16.2. The van der Waals surface area contributed by atoms with Crippen LogP contribution in [0.4, 0.5) is 15.8 Å². The maximum absolute atomic E-state index is 13.8. The van der Waals surface area contributed by atoms with Gasteiger partial charge in [0.15, 0.2) is 0 Å². The number of nitrogens with one attached hydrogen (secondary N) is 2. The lowest BCUT2D eigenvalue weighted by Crippen LogP contribution is -2.15. The van der Waals surface area contributed by atoms with Gasteiger partial charge in [0.2, 0.25) is 5.91 Å². The average molecular weight is 534 g/mol. The van der Waals surface area contributed by atoms with E-state index in [4.69, 9.17) is 34.8 Å². The highest BCUT2D eigenvalue weighted by atomic mass is 35.5. The van der Waals surface area contributed by atoms with E-state index in [1.165, 1.54) is 66.4 Å². The van der Waals surface area contributed by atoms with Crippen molar-refractivity contribution in [1.29, 1.82) is 0 Å². The van der Waals surface area contributed by atoms with Crippen LogP contribution in [0.2, 0.25) is 15.1 Å². The lowest BCUT2D eigenvalue weighted by Gasteiger charge is -2.11. The third-order valence-corrected chi connectivity index (χ3v) is 7.41. The summed E-state index contributed by atoms with van der Waals surface area (Å²) in [6.45, 7) is 0. The van der Waals surface area contributed by atoms with E-state index in [9.17, 15) is 17.6 Å². The first-order valence-corrected chi connectivity index (χ1v) is 12.8. The van der Waals surface area contributed by atoms with Crippen molar-refractivity contribution in [3.8, 4) is 0 Å². The van der Waals surface area contributed by atoms with Crippen LogP contribution in [-0.4, -0.2) is 20.1 Å². The summed E-state index contributed by atoms with van der Waals surface area (Å²) in [5, 5.41) is 3.52. The Balaban J connectivity index is 1.57. The molecule has 32 heavy (non-hydrogen) atoms. The lowest BCUT2D eigenvalue weighted by molar-refractivity contribution is -0.113. The third kappa shape index (κ3) is 6.52. The van der Waals surface area contributed by atoms with Gasteiger partial charge in [0.25, 0.3) is 10.0 Å². The number of carbonyl (C=O) groups excluding carboxylic acids is 1. The second-order valence-electron chi connectivity index (χ2n) is 6.50.